The van der Waals surface area contributed by atoms with Gasteiger partial charge < -0.3 is 15.5 Å². The summed E-state index contributed by atoms with van der Waals surface area (Å²) < 4.78 is 0. The molecule has 0 saturated carbocycles. The van der Waals surface area contributed by atoms with Gasteiger partial charge in [0.05, 0.1) is 0 Å². The molecule has 1 aromatic rings. The van der Waals surface area contributed by atoms with Gasteiger partial charge in [0.15, 0.2) is 0 Å². The molecule has 1 heterocycles. The summed E-state index contributed by atoms with van der Waals surface area (Å²) in [5, 5.41) is 0. The van der Waals surface area contributed by atoms with E-state index in [-0.39, 0.29) is 11.9 Å². The maximum absolute atomic E-state index is 12.4. The number of carbonyl (C=O) groups is 1. The van der Waals surface area contributed by atoms with Crippen LogP contribution in [0.2, 0.25) is 0 Å². The average molecular weight is 291 g/mol. The molecule has 0 aromatic heterocycles. The van der Waals surface area contributed by atoms with Gasteiger partial charge in [0.1, 0.15) is 11.0 Å². The summed E-state index contributed by atoms with van der Waals surface area (Å²) in [5.74, 6) is 0.198. The van der Waals surface area contributed by atoms with E-state index in [1.165, 1.54) is 0 Å². The van der Waals surface area contributed by atoms with Crippen LogP contribution < -0.4 is 10.6 Å². The number of benzene rings is 1. The van der Waals surface area contributed by atoms with E-state index in [9.17, 15) is 4.79 Å². The molecule has 1 fully saturated rings. The molecule has 5 heteroatoms. The average Bonchev–Trinajstić information content (AvgIpc) is 2.99. The van der Waals surface area contributed by atoms with E-state index in [1.54, 1.807) is 0 Å². The van der Waals surface area contributed by atoms with E-state index in [0.717, 1.165) is 37.2 Å². The Morgan fingerprint density at radius 1 is 1.30 bits per heavy atom. The fourth-order valence-electron chi connectivity index (χ4n) is 2.45. The second kappa shape index (κ2) is 6.22. The number of hydrogen-bond acceptors (Lipinski definition) is 3. The molecule has 0 radical (unpaired) electrons. The smallest absolute Gasteiger partial charge is 0.244 e. The van der Waals surface area contributed by atoms with Gasteiger partial charge in [0.2, 0.25) is 5.91 Å². The molecule has 108 valence electrons. The number of nitrogens with zero attached hydrogens (tertiary/aromatic N) is 2. The van der Waals surface area contributed by atoms with Gasteiger partial charge >= 0.3 is 0 Å². The Morgan fingerprint density at radius 3 is 2.35 bits per heavy atom. The highest BCUT2D eigenvalue weighted by atomic mass is 32.1. The Labute approximate surface area is 125 Å². The van der Waals surface area contributed by atoms with Crippen molar-refractivity contribution in [1.82, 2.24) is 4.90 Å². The first-order valence-electron chi connectivity index (χ1n) is 6.92. The summed E-state index contributed by atoms with van der Waals surface area (Å²) in [6, 6.07) is 7.51. The van der Waals surface area contributed by atoms with Crippen LogP contribution in [0, 0.1) is 0 Å². The number of likely N-dealkylation sites (tertiary alicyclic amines) is 1. The lowest BCUT2D eigenvalue weighted by Gasteiger charge is -2.29. The number of rotatable bonds is 4. The Balaban J connectivity index is 2.07. The number of amides is 1. The Hall–Kier alpha value is -1.62. The van der Waals surface area contributed by atoms with Crippen LogP contribution in [0.25, 0.3) is 0 Å². The van der Waals surface area contributed by atoms with Crippen molar-refractivity contribution in [2.75, 3.05) is 25.0 Å². The van der Waals surface area contributed by atoms with E-state index in [2.05, 4.69) is 0 Å². The molecule has 1 aromatic carbocycles. The summed E-state index contributed by atoms with van der Waals surface area (Å²) in [6.07, 6.45) is 2.23. The third kappa shape index (κ3) is 3.10. The topological polar surface area (TPSA) is 49.6 Å². The number of likely N-dealkylation sites (N-methyl/N-ethyl adjacent to an activating group) is 1. The second-order valence-electron chi connectivity index (χ2n) is 5.23. The molecular weight excluding hydrogens is 270 g/mol. The predicted molar refractivity (Wildman–Crippen MR) is 86.0 cm³/mol. The summed E-state index contributed by atoms with van der Waals surface area (Å²) >= 11 is 4.94. The zero-order valence-corrected chi connectivity index (χ0v) is 12.8. The van der Waals surface area contributed by atoms with E-state index in [1.807, 2.05) is 48.0 Å². The highest BCUT2D eigenvalue weighted by molar-refractivity contribution is 7.80. The van der Waals surface area contributed by atoms with Gasteiger partial charge in [-0.3, -0.25) is 4.79 Å². The third-order valence-corrected chi connectivity index (χ3v) is 4.15. The molecule has 4 nitrogen and oxygen atoms in total. The van der Waals surface area contributed by atoms with Crippen LogP contribution in [0.4, 0.5) is 5.69 Å². The fraction of sp³-hybridized carbons (Fsp3) is 0.467. The molecule has 0 bridgehead atoms. The normalized spacial score (nSPS) is 16.0. The van der Waals surface area contributed by atoms with Gasteiger partial charge in [0, 0.05) is 31.4 Å². The molecule has 2 N–H and O–H groups in total. The summed E-state index contributed by atoms with van der Waals surface area (Å²) in [4.78, 5) is 16.7. The molecule has 0 aliphatic carbocycles. The van der Waals surface area contributed by atoms with Crippen LogP contribution in [-0.4, -0.2) is 42.0 Å². The first-order chi connectivity index (χ1) is 9.50. The largest absolute Gasteiger partial charge is 0.389 e. The lowest BCUT2D eigenvalue weighted by Crippen LogP contribution is -2.44. The van der Waals surface area contributed by atoms with Crippen molar-refractivity contribution in [3.05, 3.63) is 29.8 Å². The van der Waals surface area contributed by atoms with E-state index >= 15 is 0 Å². The highest BCUT2D eigenvalue weighted by Gasteiger charge is 2.26. The summed E-state index contributed by atoms with van der Waals surface area (Å²) in [6.45, 7) is 3.72. The maximum atomic E-state index is 12.4. The molecular formula is C15H21N3OS. The maximum Gasteiger partial charge on any atom is 0.244 e. The van der Waals surface area contributed by atoms with Gasteiger partial charge in [-0.1, -0.05) is 12.2 Å². The zero-order chi connectivity index (χ0) is 14.7. The zero-order valence-electron chi connectivity index (χ0n) is 12.0. The van der Waals surface area contributed by atoms with Gasteiger partial charge in [0.25, 0.3) is 0 Å². The number of hydrogen-bond donors (Lipinski definition) is 1. The van der Waals surface area contributed by atoms with E-state index < -0.39 is 0 Å². The summed E-state index contributed by atoms with van der Waals surface area (Å²) in [7, 11) is 1.94. The van der Waals surface area contributed by atoms with E-state index in [4.69, 9.17) is 18.0 Å². The highest BCUT2D eigenvalue weighted by Crippen LogP contribution is 2.19. The molecule has 1 aliphatic rings. The fourth-order valence-corrected chi connectivity index (χ4v) is 2.59. The van der Waals surface area contributed by atoms with Crippen molar-refractivity contribution >= 4 is 28.8 Å². The van der Waals surface area contributed by atoms with Crippen molar-refractivity contribution < 1.29 is 4.79 Å². The van der Waals surface area contributed by atoms with Gasteiger partial charge in [-0.25, -0.2) is 0 Å². The molecule has 1 unspecified atom stereocenters. The quantitative estimate of drug-likeness (QED) is 0.859. The van der Waals surface area contributed by atoms with Crippen molar-refractivity contribution in [2.45, 2.75) is 25.8 Å². The number of thiocarbonyl (C=S) groups is 1. The van der Waals surface area contributed by atoms with Gasteiger partial charge in [-0.2, -0.15) is 0 Å². The van der Waals surface area contributed by atoms with E-state index in [0.29, 0.717) is 4.99 Å². The van der Waals surface area contributed by atoms with Crippen LogP contribution in [-0.2, 0) is 4.79 Å². The van der Waals surface area contributed by atoms with Gasteiger partial charge in [-0.15, -0.1) is 0 Å². The lowest BCUT2D eigenvalue weighted by molar-refractivity contribution is -0.131. The van der Waals surface area contributed by atoms with Crippen LogP contribution in [0.3, 0.4) is 0 Å². The van der Waals surface area contributed by atoms with Crippen LogP contribution in [0.1, 0.15) is 25.3 Å². The molecule has 1 atom stereocenters. The van der Waals surface area contributed by atoms with Crippen molar-refractivity contribution in [1.29, 1.82) is 0 Å². The number of nitrogens with two attached hydrogens (primary N) is 1. The van der Waals surface area contributed by atoms with Crippen molar-refractivity contribution in [2.24, 2.45) is 5.73 Å². The first-order valence-corrected chi connectivity index (χ1v) is 7.33. The Kier molecular flexibility index (Phi) is 4.60. The standard InChI is InChI=1S/C15H21N3OS/c1-11(15(19)18-9-3-4-10-18)17(2)13-7-5-12(6-8-13)14(16)20/h5-8,11H,3-4,9-10H2,1-2H3,(H2,16,20). The Bertz CT molecular complexity index is 494. The Morgan fingerprint density at radius 2 is 1.85 bits per heavy atom. The molecule has 0 spiro atoms. The minimum atomic E-state index is -0.163. The van der Waals surface area contributed by atoms with Crippen molar-refractivity contribution in [3.8, 4) is 0 Å². The number of anilines is 1. The van der Waals surface area contributed by atoms with Crippen LogP contribution in [0.15, 0.2) is 24.3 Å². The minimum Gasteiger partial charge on any atom is -0.389 e. The molecule has 1 amide bonds. The second-order valence-corrected chi connectivity index (χ2v) is 5.67. The SMILES string of the molecule is CC(C(=O)N1CCCC1)N(C)c1ccc(C(N)=S)cc1. The molecule has 20 heavy (non-hydrogen) atoms. The molecule has 1 saturated heterocycles. The van der Waals surface area contributed by atoms with Gasteiger partial charge in [-0.05, 0) is 44.0 Å². The third-order valence-electron chi connectivity index (χ3n) is 3.92. The lowest BCUT2D eigenvalue weighted by atomic mass is 10.1. The predicted octanol–water partition coefficient (Wildman–Crippen LogP) is 1.77. The van der Waals surface area contributed by atoms with Crippen LogP contribution in [0.5, 0.6) is 0 Å². The minimum absolute atomic E-state index is 0.163. The molecule has 1 aliphatic heterocycles. The summed E-state index contributed by atoms with van der Waals surface area (Å²) in [5.41, 5.74) is 7.42. The van der Waals surface area contributed by atoms with Crippen LogP contribution >= 0.6 is 12.2 Å². The number of carbonyl (C=O) groups excluding carboxylic acids is 1. The first kappa shape index (κ1) is 14.8. The van der Waals surface area contributed by atoms with Crippen molar-refractivity contribution in [3.63, 3.8) is 0 Å². The monoisotopic (exact) mass is 291 g/mol. The molecule has 2 rings (SSSR count).